The Labute approximate surface area is 149 Å². The summed E-state index contributed by atoms with van der Waals surface area (Å²) >= 11 is 0. The largest absolute Gasteiger partial charge is 0.493 e. The monoisotopic (exact) mass is 356 g/mol. The van der Waals surface area contributed by atoms with Gasteiger partial charge in [-0.3, -0.25) is 18.7 Å². The molecule has 0 aliphatic heterocycles. The van der Waals surface area contributed by atoms with Crippen LogP contribution in [0, 0.1) is 0 Å². The van der Waals surface area contributed by atoms with E-state index in [0.717, 1.165) is 0 Å². The van der Waals surface area contributed by atoms with Crippen molar-refractivity contribution >= 4 is 11.6 Å². The Bertz CT molecular complexity index is 1010. The van der Waals surface area contributed by atoms with Crippen molar-refractivity contribution in [1.82, 2.24) is 19.2 Å². The maximum absolute atomic E-state index is 13.0. The zero-order valence-corrected chi connectivity index (χ0v) is 14.8. The Kier molecular flexibility index (Phi) is 4.75. The molecule has 0 radical (unpaired) electrons. The minimum absolute atomic E-state index is 0.0439. The third-order valence-electron chi connectivity index (χ3n) is 4.25. The second-order valence-electron chi connectivity index (χ2n) is 6.26. The molecule has 0 saturated carbocycles. The van der Waals surface area contributed by atoms with E-state index in [1.807, 2.05) is 13.8 Å². The molecule has 0 spiro atoms. The highest BCUT2D eigenvalue weighted by molar-refractivity contribution is 5.71. The van der Waals surface area contributed by atoms with Crippen LogP contribution in [0.5, 0.6) is 5.88 Å². The lowest BCUT2D eigenvalue weighted by Crippen LogP contribution is -2.24. The highest BCUT2D eigenvalue weighted by atomic mass is 16.5. The number of rotatable bonds is 5. The first kappa shape index (κ1) is 17.7. The fraction of sp³-hybridized carbons (Fsp3) is 0.333. The van der Waals surface area contributed by atoms with Crippen LogP contribution in [-0.4, -0.2) is 37.4 Å². The molecule has 0 unspecified atom stereocenters. The second kappa shape index (κ2) is 6.99. The lowest BCUT2D eigenvalue weighted by Gasteiger charge is -2.16. The lowest BCUT2D eigenvalue weighted by molar-refractivity contribution is -0.140. The van der Waals surface area contributed by atoms with Crippen LogP contribution < -0.4 is 5.56 Å². The van der Waals surface area contributed by atoms with Crippen molar-refractivity contribution in [2.24, 2.45) is 0 Å². The summed E-state index contributed by atoms with van der Waals surface area (Å²) in [7, 11) is 1.28. The van der Waals surface area contributed by atoms with Gasteiger partial charge in [-0.2, -0.15) is 10.1 Å². The van der Waals surface area contributed by atoms with Crippen molar-refractivity contribution in [1.29, 1.82) is 0 Å². The van der Waals surface area contributed by atoms with Crippen LogP contribution in [0.1, 0.15) is 43.4 Å². The predicted octanol–water partition coefficient (Wildman–Crippen LogP) is 1.87. The number of pyridine rings is 1. The molecule has 3 rings (SSSR count). The van der Waals surface area contributed by atoms with Crippen molar-refractivity contribution in [3.05, 3.63) is 58.3 Å². The lowest BCUT2D eigenvalue weighted by atomic mass is 9.91. The summed E-state index contributed by atoms with van der Waals surface area (Å²) in [6.45, 7) is 3.94. The molecule has 8 nitrogen and oxygen atoms in total. The molecule has 0 saturated heterocycles. The molecule has 0 aliphatic carbocycles. The van der Waals surface area contributed by atoms with Gasteiger partial charge < -0.3 is 9.84 Å². The van der Waals surface area contributed by atoms with Crippen molar-refractivity contribution < 1.29 is 14.6 Å². The highest BCUT2D eigenvalue weighted by Crippen LogP contribution is 2.31. The van der Waals surface area contributed by atoms with E-state index in [2.05, 4.69) is 10.1 Å². The number of aromatic nitrogens is 4. The molecule has 26 heavy (non-hydrogen) atoms. The van der Waals surface area contributed by atoms with Crippen LogP contribution in [0.3, 0.4) is 0 Å². The van der Waals surface area contributed by atoms with Gasteiger partial charge in [0, 0.05) is 24.4 Å². The maximum Gasteiger partial charge on any atom is 0.306 e. The van der Waals surface area contributed by atoms with Crippen LogP contribution in [0.15, 0.2) is 41.6 Å². The topological polar surface area (TPSA) is 98.7 Å². The van der Waals surface area contributed by atoms with E-state index in [0.29, 0.717) is 11.2 Å². The number of hydrogen-bond donors (Lipinski definition) is 1. The minimum Gasteiger partial charge on any atom is -0.493 e. The average molecular weight is 356 g/mol. The average Bonchev–Trinajstić information content (AvgIpc) is 3.11. The molecule has 0 fully saturated rings. The summed E-state index contributed by atoms with van der Waals surface area (Å²) in [6, 6.07) is 5.16. The predicted molar refractivity (Wildman–Crippen MR) is 94.2 cm³/mol. The molecule has 3 heterocycles. The first-order chi connectivity index (χ1) is 12.4. The second-order valence-corrected chi connectivity index (χ2v) is 6.26. The molecule has 1 atom stereocenters. The molecule has 0 amide bonds. The van der Waals surface area contributed by atoms with Crippen LogP contribution >= 0.6 is 0 Å². The number of carbonyl (C=O) groups excluding carboxylic acids is 1. The number of hydrogen-bond acceptors (Lipinski definition) is 6. The Morgan fingerprint density at radius 2 is 2.12 bits per heavy atom. The number of esters is 1. The molecule has 8 heteroatoms. The fourth-order valence-corrected chi connectivity index (χ4v) is 2.85. The van der Waals surface area contributed by atoms with Gasteiger partial charge in [-0.15, -0.1) is 0 Å². The summed E-state index contributed by atoms with van der Waals surface area (Å²) in [5.74, 6) is -1.61. The third-order valence-corrected chi connectivity index (χ3v) is 4.25. The first-order valence-electron chi connectivity index (χ1n) is 8.23. The van der Waals surface area contributed by atoms with Gasteiger partial charge in [-0.25, -0.2) is 0 Å². The Morgan fingerprint density at radius 1 is 1.35 bits per heavy atom. The van der Waals surface area contributed by atoms with Crippen LogP contribution in [0.4, 0.5) is 0 Å². The van der Waals surface area contributed by atoms with E-state index in [4.69, 9.17) is 4.74 Å². The van der Waals surface area contributed by atoms with Crippen molar-refractivity contribution in [3.63, 3.8) is 0 Å². The van der Waals surface area contributed by atoms with Gasteiger partial charge in [0.05, 0.1) is 25.3 Å². The van der Waals surface area contributed by atoms with Crippen LogP contribution in [0.25, 0.3) is 5.65 Å². The van der Waals surface area contributed by atoms with Gasteiger partial charge in [0.25, 0.3) is 5.56 Å². The number of fused-ring (bicyclic) bond motifs is 1. The van der Waals surface area contributed by atoms with Crippen molar-refractivity contribution in [2.75, 3.05) is 7.11 Å². The van der Waals surface area contributed by atoms with E-state index in [1.165, 1.54) is 11.5 Å². The minimum atomic E-state index is -0.716. The highest BCUT2D eigenvalue weighted by Gasteiger charge is 2.28. The number of methoxy groups -OCH3 is 1. The van der Waals surface area contributed by atoms with E-state index < -0.39 is 23.3 Å². The summed E-state index contributed by atoms with van der Waals surface area (Å²) < 4.78 is 7.83. The molecule has 3 aromatic rings. The zero-order chi connectivity index (χ0) is 18.8. The molecular formula is C18H20N4O4. The van der Waals surface area contributed by atoms with Gasteiger partial charge in [0.1, 0.15) is 5.65 Å². The number of aromatic hydroxyl groups is 1. The smallest absolute Gasteiger partial charge is 0.306 e. The van der Waals surface area contributed by atoms with Crippen molar-refractivity contribution in [2.45, 2.75) is 32.2 Å². The van der Waals surface area contributed by atoms with Gasteiger partial charge in [0.15, 0.2) is 0 Å². The van der Waals surface area contributed by atoms with E-state index in [9.17, 15) is 14.7 Å². The van der Waals surface area contributed by atoms with E-state index >= 15 is 0 Å². The first-order valence-corrected chi connectivity index (χ1v) is 8.23. The van der Waals surface area contributed by atoms with Gasteiger partial charge in [-0.05, 0) is 31.5 Å². The summed E-state index contributed by atoms with van der Waals surface area (Å²) in [4.78, 5) is 29.0. The number of carbonyl (C=O) groups is 1. The molecule has 1 N–H and O–H groups in total. The fourth-order valence-electron chi connectivity index (χ4n) is 2.85. The molecular weight excluding hydrogens is 336 g/mol. The quantitative estimate of drug-likeness (QED) is 0.701. The third kappa shape index (κ3) is 3.17. The van der Waals surface area contributed by atoms with Crippen molar-refractivity contribution in [3.8, 4) is 5.88 Å². The Balaban J connectivity index is 2.19. The van der Waals surface area contributed by atoms with E-state index in [-0.39, 0.29) is 18.0 Å². The van der Waals surface area contributed by atoms with Gasteiger partial charge in [-0.1, -0.05) is 6.07 Å². The maximum atomic E-state index is 13.0. The summed E-state index contributed by atoms with van der Waals surface area (Å²) in [5.41, 5.74) is 0.573. The number of nitrogens with zero attached hydrogens (tertiary/aromatic N) is 4. The number of ether oxygens (including phenoxy) is 1. The van der Waals surface area contributed by atoms with Gasteiger partial charge >= 0.3 is 5.97 Å². The Hall–Kier alpha value is -3.16. The molecule has 0 aliphatic rings. The van der Waals surface area contributed by atoms with Crippen LogP contribution in [0.2, 0.25) is 0 Å². The molecule has 0 aromatic carbocycles. The van der Waals surface area contributed by atoms with E-state index in [1.54, 1.807) is 41.5 Å². The summed E-state index contributed by atoms with van der Waals surface area (Å²) in [5, 5.41) is 14.7. The van der Waals surface area contributed by atoms with Crippen LogP contribution in [-0.2, 0) is 9.53 Å². The molecule has 3 aromatic heterocycles. The van der Waals surface area contributed by atoms with Gasteiger partial charge in [0.2, 0.25) is 5.88 Å². The Morgan fingerprint density at radius 3 is 2.77 bits per heavy atom. The molecule has 136 valence electrons. The SMILES string of the molecule is COC(=O)C[C@@H](c1cnn(C(C)C)c1)c1c(O)nc2ccccn2c1=O. The molecule has 0 bridgehead atoms. The zero-order valence-electron chi connectivity index (χ0n) is 14.8. The normalized spacial score (nSPS) is 12.5. The summed E-state index contributed by atoms with van der Waals surface area (Å²) in [6.07, 6.45) is 4.81. The standard InChI is InChI=1S/C18H20N4O4/c1-11(2)22-10-12(9-19-22)13(8-15(23)26-3)16-17(24)20-14-6-4-5-7-21(14)18(16)25/h4-7,9-11,13,24H,8H2,1-3H3/t13-/m0/s1.